The van der Waals surface area contributed by atoms with Crippen molar-refractivity contribution in [3.8, 4) is 0 Å². The van der Waals surface area contributed by atoms with E-state index in [0.717, 1.165) is 44.9 Å². The predicted molar refractivity (Wildman–Crippen MR) is 119 cm³/mol. The zero-order valence-electron chi connectivity index (χ0n) is 17.1. The summed E-state index contributed by atoms with van der Waals surface area (Å²) in [5, 5.41) is 7.78. The highest BCUT2D eigenvalue weighted by Crippen LogP contribution is 2.23. The van der Waals surface area contributed by atoms with E-state index < -0.39 is 0 Å². The third-order valence-electron chi connectivity index (χ3n) is 6.02. The third-order valence-corrected chi connectivity index (χ3v) is 6.02. The Morgan fingerprint density at radius 2 is 1.79 bits per heavy atom. The topological polar surface area (TPSA) is 46.1 Å². The SMILES string of the molecule is O=C(CCc1cn(Cc2ccccc2)c2ccccc12)NCCC1CCNCC1. The minimum Gasteiger partial charge on any atom is -0.356 e. The Kier molecular flexibility index (Phi) is 6.63. The fraction of sp³-hybridized carbons (Fsp3) is 0.400. The quantitative estimate of drug-likeness (QED) is 0.609. The molecule has 0 spiro atoms. The van der Waals surface area contributed by atoms with Gasteiger partial charge >= 0.3 is 0 Å². The van der Waals surface area contributed by atoms with Gasteiger partial charge in [0, 0.05) is 36.6 Å². The number of aryl methyl sites for hydroxylation is 1. The summed E-state index contributed by atoms with van der Waals surface area (Å²) in [4.78, 5) is 12.4. The van der Waals surface area contributed by atoms with E-state index in [4.69, 9.17) is 0 Å². The molecule has 2 aromatic carbocycles. The molecule has 2 heterocycles. The van der Waals surface area contributed by atoms with Crippen LogP contribution >= 0.6 is 0 Å². The van der Waals surface area contributed by atoms with Crippen molar-refractivity contribution in [1.82, 2.24) is 15.2 Å². The molecule has 1 aliphatic heterocycles. The number of aromatic nitrogens is 1. The summed E-state index contributed by atoms with van der Waals surface area (Å²) < 4.78 is 2.30. The summed E-state index contributed by atoms with van der Waals surface area (Å²) in [6, 6.07) is 19.0. The minimum atomic E-state index is 0.166. The van der Waals surface area contributed by atoms with Crippen molar-refractivity contribution in [2.45, 2.75) is 38.6 Å². The summed E-state index contributed by atoms with van der Waals surface area (Å²) in [6.45, 7) is 3.89. The van der Waals surface area contributed by atoms with Gasteiger partial charge in [-0.1, -0.05) is 48.5 Å². The Labute approximate surface area is 173 Å². The Morgan fingerprint density at radius 1 is 1.03 bits per heavy atom. The lowest BCUT2D eigenvalue weighted by Gasteiger charge is -2.22. The van der Waals surface area contributed by atoms with Crippen molar-refractivity contribution < 1.29 is 4.79 Å². The number of carbonyl (C=O) groups is 1. The molecule has 0 aliphatic carbocycles. The molecular formula is C25H31N3O. The maximum Gasteiger partial charge on any atom is 0.220 e. The van der Waals surface area contributed by atoms with Gasteiger partial charge in [-0.2, -0.15) is 0 Å². The molecule has 152 valence electrons. The molecule has 1 aromatic heterocycles. The van der Waals surface area contributed by atoms with Crippen molar-refractivity contribution >= 4 is 16.8 Å². The molecule has 29 heavy (non-hydrogen) atoms. The Morgan fingerprint density at radius 3 is 2.62 bits per heavy atom. The molecule has 2 N–H and O–H groups in total. The van der Waals surface area contributed by atoms with E-state index in [1.54, 1.807) is 0 Å². The van der Waals surface area contributed by atoms with E-state index in [0.29, 0.717) is 6.42 Å². The predicted octanol–water partition coefficient (Wildman–Crippen LogP) is 4.13. The second-order valence-corrected chi connectivity index (χ2v) is 8.12. The number of carbonyl (C=O) groups excluding carboxylic acids is 1. The van der Waals surface area contributed by atoms with Crippen LogP contribution < -0.4 is 10.6 Å². The fourth-order valence-corrected chi connectivity index (χ4v) is 4.36. The van der Waals surface area contributed by atoms with Gasteiger partial charge in [0.2, 0.25) is 5.91 Å². The van der Waals surface area contributed by atoms with Crippen LogP contribution in [0.5, 0.6) is 0 Å². The van der Waals surface area contributed by atoms with Gasteiger partial charge in [0.25, 0.3) is 0 Å². The number of hydrogen-bond donors (Lipinski definition) is 2. The molecule has 0 radical (unpaired) electrons. The van der Waals surface area contributed by atoms with E-state index in [-0.39, 0.29) is 5.91 Å². The summed E-state index contributed by atoms with van der Waals surface area (Å²) in [6.07, 6.45) is 7.12. The lowest BCUT2D eigenvalue weighted by molar-refractivity contribution is -0.121. The Balaban J connectivity index is 1.34. The van der Waals surface area contributed by atoms with Crippen LogP contribution in [0.1, 0.15) is 36.8 Å². The van der Waals surface area contributed by atoms with Crippen molar-refractivity contribution in [1.29, 1.82) is 0 Å². The molecule has 0 saturated carbocycles. The van der Waals surface area contributed by atoms with Crippen LogP contribution in [0.4, 0.5) is 0 Å². The number of fused-ring (bicyclic) bond motifs is 1. The number of hydrogen-bond acceptors (Lipinski definition) is 2. The highest BCUT2D eigenvalue weighted by Gasteiger charge is 2.14. The molecule has 4 nitrogen and oxygen atoms in total. The average molecular weight is 390 g/mol. The standard InChI is InChI=1S/C25H31N3O/c29-25(27-17-14-20-12-15-26-16-13-20)11-10-22-19-28(18-21-6-2-1-3-7-21)24-9-5-4-8-23(22)24/h1-9,19-20,26H,10-18H2,(H,27,29). The molecule has 1 aliphatic rings. The van der Waals surface area contributed by atoms with Gasteiger partial charge in [-0.15, -0.1) is 0 Å². The molecule has 3 aromatic rings. The summed E-state index contributed by atoms with van der Waals surface area (Å²) in [5.74, 6) is 0.923. The molecule has 4 rings (SSSR count). The first kappa shape index (κ1) is 19.7. The highest BCUT2D eigenvalue weighted by molar-refractivity contribution is 5.85. The van der Waals surface area contributed by atoms with Gasteiger partial charge in [0.05, 0.1) is 0 Å². The van der Waals surface area contributed by atoms with Crippen LogP contribution in [0.15, 0.2) is 60.8 Å². The van der Waals surface area contributed by atoms with Crippen LogP contribution in [0.3, 0.4) is 0 Å². The van der Waals surface area contributed by atoms with Crippen molar-refractivity contribution in [3.05, 3.63) is 71.9 Å². The molecule has 0 bridgehead atoms. The zero-order chi connectivity index (χ0) is 19.9. The summed E-state index contributed by atoms with van der Waals surface area (Å²) in [7, 11) is 0. The van der Waals surface area contributed by atoms with Gasteiger partial charge in [-0.25, -0.2) is 0 Å². The number of para-hydroxylation sites is 1. The van der Waals surface area contributed by atoms with Gasteiger partial charge < -0.3 is 15.2 Å². The van der Waals surface area contributed by atoms with Crippen LogP contribution in [-0.4, -0.2) is 30.1 Å². The number of nitrogens with one attached hydrogen (secondary N) is 2. The van der Waals surface area contributed by atoms with Crippen LogP contribution in [0.25, 0.3) is 10.9 Å². The summed E-state index contributed by atoms with van der Waals surface area (Å²) in [5.41, 5.74) is 3.78. The molecule has 1 amide bonds. The lowest BCUT2D eigenvalue weighted by Crippen LogP contribution is -2.31. The van der Waals surface area contributed by atoms with Crippen LogP contribution in [-0.2, 0) is 17.8 Å². The largest absolute Gasteiger partial charge is 0.356 e. The Bertz CT molecular complexity index is 926. The molecule has 0 atom stereocenters. The molecule has 1 fully saturated rings. The fourth-order valence-electron chi connectivity index (χ4n) is 4.36. The van der Waals surface area contributed by atoms with E-state index in [9.17, 15) is 4.79 Å². The summed E-state index contributed by atoms with van der Waals surface area (Å²) >= 11 is 0. The van der Waals surface area contributed by atoms with Crippen molar-refractivity contribution in [3.63, 3.8) is 0 Å². The number of amides is 1. The third kappa shape index (κ3) is 5.27. The highest BCUT2D eigenvalue weighted by atomic mass is 16.1. The second kappa shape index (κ2) is 9.75. The van der Waals surface area contributed by atoms with Gasteiger partial charge in [-0.05, 0) is 61.9 Å². The van der Waals surface area contributed by atoms with E-state index in [1.165, 1.54) is 34.9 Å². The maximum atomic E-state index is 12.4. The normalized spacial score (nSPS) is 14.9. The lowest BCUT2D eigenvalue weighted by atomic mass is 9.95. The number of nitrogens with zero attached hydrogens (tertiary/aromatic N) is 1. The molecule has 1 saturated heterocycles. The van der Waals surface area contributed by atoms with E-state index >= 15 is 0 Å². The van der Waals surface area contributed by atoms with E-state index in [2.05, 4.69) is 69.9 Å². The van der Waals surface area contributed by atoms with Crippen LogP contribution in [0, 0.1) is 5.92 Å². The minimum absolute atomic E-state index is 0.166. The molecule has 4 heteroatoms. The Hall–Kier alpha value is -2.59. The maximum absolute atomic E-state index is 12.4. The van der Waals surface area contributed by atoms with Gasteiger partial charge in [0.15, 0.2) is 0 Å². The van der Waals surface area contributed by atoms with Gasteiger partial charge in [0.1, 0.15) is 0 Å². The number of piperidine rings is 1. The van der Waals surface area contributed by atoms with Gasteiger partial charge in [-0.3, -0.25) is 4.79 Å². The van der Waals surface area contributed by atoms with Crippen LogP contribution in [0.2, 0.25) is 0 Å². The first-order valence-corrected chi connectivity index (χ1v) is 10.9. The number of rotatable bonds is 8. The number of benzene rings is 2. The zero-order valence-corrected chi connectivity index (χ0v) is 17.1. The monoisotopic (exact) mass is 389 g/mol. The first-order valence-electron chi connectivity index (χ1n) is 10.9. The van der Waals surface area contributed by atoms with E-state index in [1.807, 2.05) is 6.07 Å². The van der Waals surface area contributed by atoms with Crippen molar-refractivity contribution in [2.24, 2.45) is 5.92 Å². The van der Waals surface area contributed by atoms with Crippen molar-refractivity contribution in [2.75, 3.05) is 19.6 Å². The first-order chi connectivity index (χ1) is 14.3. The molecule has 0 unspecified atom stereocenters. The average Bonchev–Trinajstić information content (AvgIpc) is 3.11. The smallest absolute Gasteiger partial charge is 0.220 e. The second-order valence-electron chi connectivity index (χ2n) is 8.12. The molecular weight excluding hydrogens is 358 g/mol.